The van der Waals surface area contributed by atoms with Gasteiger partial charge in [-0.1, -0.05) is 24.3 Å². The predicted molar refractivity (Wildman–Crippen MR) is 81.7 cm³/mol. The van der Waals surface area contributed by atoms with Crippen LogP contribution in [0.3, 0.4) is 0 Å². The van der Waals surface area contributed by atoms with Crippen molar-refractivity contribution in [3.63, 3.8) is 0 Å². The first-order chi connectivity index (χ1) is 10.1. The maximum atomic E-state index is 12.2. The summed E-state index contributed by atoms with van der Waals surface area (Å²) in [5, 5.41) is 8.85. The fourth-order valence-electron chi connectivity index (χ4n) is 2.11. The molecule has 4 nitrogen and oxygen atoms in total. The number of anilines is 1. The second-order valence-electron chi connectivity index (χ2n) is 4.63. The summed E-state index contributed by atoms with van der Waals surface area (Å²) in [5.41, 5.74) is 9.79. The fourth-order valence-corrected chi connectivity index (χ4v) is 2.11. The van der Waals surface area contributed by atoms with E-state index >= 15 is 0 Å². The molecule has 0 spiro atoms. The number of rotatable bonds is 3. The van der Waals surface area contributed by atoms with Gasteiger partial charge in [-0.15, -0.1) is 0 Å². The van der Waals surface area contributed by atoms with Crippen LogP contribution in [0.25, 0.3) is 11.1 Å². The second kappa shape index (κ2) is 6.10. The second-order valence-corrected chi connectivity index (χ2v) is 4.63. The van der Waals surface area contributed by atoms with Gasteiger partial charge < -0.3 is 10.5 Å². The molecule has 0 heterocycles. The maximum Gasteiger partial charge on any atom is 0.340 e. The minimum atomic E-state index is -0.432. The van der Waals surface area contributed by atoms with Crippen LogP contribution >= 0.6 is 0 Å². The summed E-state index contributed by atoms with van der Waals surface area (Å²) in [4.78, 5) is 12.2. The molecule has 0 bridgehead atoms. The molecule has 0 unspecified atom stereocenters. The number of esters is 1. The lowest BCUT2D eigenvalue weighted by Gasteiger charge is -2.13. The van der Waals surface area contributed by atoms with Crippen LogP contribution in [-0.2, 0) is 4.74 Å². The Bertz CT molecular complexity index is 713. The van der Waals surface area contributed by atoms with Gasteiger partial charge in [-0.3, -0.25) is 0 Å². The van der Waals surface area contributed by atoms with Crippen molar-refractivity contribution >= 4 is 11.7 Å². The van der Waals surface area contributed by atoms with Crippen LogP contribution in [-0.4, -0.2) is 12.6 Å². The Balaban J connectivity index is 2.59. The molecule has 0 atom stereocenters. The molecule has 106 valence electrons. The SMILES string of the molecule is CCOC(=O)c1c(-c2ccc(C#N)cc2)ccc(C)c1N. The number of hydrogen-bond acceptors (Lipinski definition) is 4. The third-order valence-electron chi connectivity index (χ3n) is 3.27. The molecule has 0 aromatic heterocycles. The smallest absolute Gasteiger partial charge is 0.340 e. The molecule has 0 saturated heterocycles. The summed E-state index contributed by atoms with van der Waals surface area (Å²) in [5.74, 6) is -0.432. The summed E-state index contributed by atoms with van der Waals surface area (Å²) in [6.45, 7) is 3.89. The van der Waals surface area contributed by atoms with Crippen LogP contribution in [0.2, 0.25) is 0 Å². The summed E-state index contributed by atoms with van der Waals surface area (Å²) in [7, 11) is 0. The number of nitrogens with two attached hydrogens (primary N) is 1. The Hall–Kier alpha value is -2.80. The minimum absolute atomic E-state index is 0.291. The van der Waals surface area contributed by atoms with Crippen molar-refractivity contribution in [1.29, 1.82) is 5.26 Å². The van der Waals surface area contributed by atoms with Crippen LogP contribution < -0.4 is 5.73 Å². The molecule has 2 rings (SSSR count). The highest BCUT2D eigenvalue weighted by molar-refractivity contribution is 6.03. The largest absolute Gasteiger partial charge is 0.462 e. The van der Waals surface area contributed by atoms with Gasteiger partial charge in [0.25, 0.3) is 0 Å². The zero-order chi connectivity index (χ0) is 15.4. The van der Waals surface area contributed by atoms with E-state index in [9.17, 15) is 4.79 Å². The first kappa shape index (κ1) is 14.6. The number of nitriles is 1. The van der Waals surface area contributed by atoms with Gasteiger partial charge in [0.2, 0.25) is 0 Å². The van der Waals surface area contributed by atoms with Crippen LogP contribution in [0.5, 0.6) is 0 Å². The van der Waals surface area contributed by atoms with Gasteiger partial charge in [-0.05, 0) is 42.7 Å². The van der Waals surface area contributed by atoms with Gasteiger partial charge in [0.15, 0.2) is 0 Å². The van der Waals surface area contributed by atoms with Crippen LogP contribution in [0.4, 0.5) is 5.69 Å². The molecule has 2 aromatic carbocycles. The van der Waals surface area contributed by atoms with Gasteiger partial charge in [-0.2, -0.15) is 5.26 Å². The highest BCUT2D eigenvalue weighted by atomic mass is 16.5. The fraction of sp³-hybridized carbons (Fsp3) is 0.176. The number of nitrogens with zero attached hydrogens (tertiary/aromatic N) is 1. The molecule has 0 aliphatic rings. The van der Waals surface area contributed by atoms with E-state index in [-0.39, 0.29) is 0 Å². The number of hydrogen-bond donors (Lipinski definition) is 1. The summed E-state index contributed by atoms with van der Waals surface area (Å²) >= 11 is 0. The van der Waals surface area contributed by atoms with E-state index in [1.54, 1.807) is 31.2 Å². The molecule has 2 N–H and O–H groups in total. The third-order valence-corrected chi connectivity index (χ3v) is 3.27. The highest BCUT2D eigenvalue weighted by Gasteiger charge is 2.18. The average molecular weight is 280 g/mol. The summed E-state index contributed by atoms with van der Waals surface area (Å²) in [6.07, 6.45) is 0. The zero-order valence-corrected chi connectivity index (χ0v) is 12.0. The van der Waals surface area contributed by atoms with E-state index in [0.717, 1.165) is 11.1 Å². The Morgan fingerprint density at radius 1 is 1.24 bits per heavy atom. The first-order valence-electron chi connectivity index (χ1n) is 6.65. The Kier molecular flexibility index (Phi) is 4.24. The van der Waals surface area contributed by atoms with Gasteiger partial charge in [0, 0.05) is 5.69 Å². The van der Waals surface area contributed by atoms with E-state index in [0.29, 0.717) is 29.0 Å². The standard InChI is InChI=1S/C17H16N2O2/c1-3-21-17(20)15-14(9-4-11(2)16(15)19)13-7-5-12(10-18)6-8-13/h4-9H,3,19H2,1-2H3. The number of carbonyl (C=O) groups is 1. The lowest BCUT2D eigenvalue weighted by atomic mass is 9.95. The monoisotopic (exact) mass is 280 g/mol. The Morgan fingerprint density at radius 3 is 2.48 bits per heavy atom. The van der Waals surface area contributed by atoms with Crippen LogP contribution in [0, 0.1) is 18.3 Å². The molecular formula is C17H16N2O2. The number of ether oxygens (including phenoxy) is 1. The molecule has 0 aliphatic heterocycles. The Labute approximate surface area is 123 Å². The van der Waals surface area contributed by atoms with Crippen LogP contribution in [0.15, 0.2) is 36.4 Å². The van der Waals surface area contributed by atoms with Crippen molar-refractivity contribution in [1.82, 2.24) is 0 Å². The van der Waals surface area contributed by atoms with Crippen molar-refractivity contribution in [3.05, 3.63) is 53.1 Å². The van der Waals surface area contributed by atoms with E-state index in [4.69, 9.17) is 15.7 Å². The van der Waals surface area contributed by atoms with Crippen molar-refractivity contribution in [2.45, 2.75) is 13.8 Å². The van der Waals surface area contributed by atoms with Crippen molar-refractivity contribution in [2.75, 3.05) is 12.3 Å². The number of carbonyl (C=O) groups excluding carboxylic acids is 1. The maximum absolute atomic E-state index is 12.2. The minimum Gasteiger partial charge on any atom is -0.462 e. The zero-order valence-electron chi connectivity index (χ0n) is 12.0. The highest BCUT2D eigenvalue weighted by Crippen LogP contribution is 2.31. The van der Waals surface area contributed by atoms with Gasteiger partial charge >= 0.3 is 5.97 Å². The molecule has 0 radical (unpaired) electrons. The number of aryl methyl sites for hydroxylation is 1. The summed E-state index contributed by atoms with van der Waals surface area (Å²) in [6, 6.07) is 12.8. The molecule has 2 aromatic rings. The lowest BCUT2D eigenvalue weighted by Crippen LogP contribution is -2.11. The molecule has 0 saturated carbocycles. The Morgan fingerprint density at radius 2 is 1.90 bits per heavy atom. The van der Waals surface area contributed by atoms with Crippen LogP contribution in [0.1, 0.15) is 28.4 Å². The number of benzene rings is 2. The summed E-state index contributed by atoms with van der Waals surface area (Å²) < 4.78 is 5.10. The van der Waals surface area contributed by atoms with E-state index in [1.165, 1.54) is 0 Å². The van der Waals surface area contributed by atoms with E-state index < -0.39 is 5.97 Å². The van der Waals surface area contributed by atoms with Crippen molar-refractivity contribution < 1.29 is 9.53 Å². The molecule has 0 fully saturated rings. The molecule has 0 aliphatic carbocycles. The molecule has 4 heteroatoms. The van der Waals surface area contributed by atoms with Gasteiger partial charge in [0.1, 0.15) is 0 Å². The molecule has 0 amide bonds. The number of nitrogen functional groups attached to an aromatic ring is 1. The third kappa shape index (κ3) is 2.87. The topological polar surface area (TPSA) is 76.1 Å². The van der Waals surface area contributed by atoms with E-state index in [2.05, 4.69) is 6.07 Å². The molecule has 21 heavy (non-hydrogen) atoms. The predicted octanol–water partition coefficient (Wildman–Crippen LogP) is 3.29. The lowest BCUT2D eigenvalue weighted by molar-refractivity contribution is 0.0528. The molecular weight excluding hydrogens is 264 g/mol. The average Bonchev–Trinajstić information content (AvgIpc) is 2.50. The first-order valence-corrected chi connectivity index (χ1v) is 6.65. The normalized spacial score (nSPS) is 9.95. The van der Waals surface area contributed by atoms with Gasteiger partial charge in [-0.25, -0.2) is 4.79 Å². The van der Waals surface area contributed by atoms with E-state index in [1.807, 2.05) is 19.1 Å². The van der Waals surface area contributed by atoms with Gasteiger partial charge in [0.05, 0.1) is 23.8 Å². The quantitative estimate of drug-likeness (QED) is 0.691. The van der Waals surface area contributed by atoms with Crippen molar-refractivity contribution in [3.8, 4) is 17.2 Å². The van der Waals surface area contributed by atoms with Crippen molar-refractivity contribution in [2.24, 2.45) is 0 Å².